The molecule has 1 heterocycles. The molecule has 0 saturated carbocycles. The number of benzene rings is 8. The number of nitrogens with zero attached hydrogens (tertiary/aromatic N) is 2. The van der Waals surface area contributed by atoms with Crippen molar-refractivity contribution in [2.45, 2.75) is 0 Å². The van der Waals surface area contributed by atoms with Crippen LogP contribution in [0.1, 0.15) is 0 Å². The van der Waals surface area contributed by atoms with Crippen LogP contribution in [0.3, 0.4) is 0 Å². The van der Waals surface area contributed by atoms with Crippen molar-refractivity contribution < 1.29 is 0 Å². The van der Waals surface area contributed by atoms with E-state index in [1.54, 1.807) is 0 Å². The van der Waals surface area contributed by atoms with E-state index in [1.165, 1.54) is 60.5 Å². The molecule has 0 spiro atoms. The first-order valence-electron chi connectivity index (χ1n) is 16.4. The second-order valence-corrected chi connectivity index (χ2v) is 12.2. The summed E-state index contributed by atoms with van der Waals surface area (Å²) in [5, 5.41) is 4.94. The summed E-state index contributed by atoms with van der Waals surface area (Å²) in [6, 6.07) is 69.9. The van der Waals surface area contributed by atoms with E-state index in [2.05, 4.69) is 204 Å². The van der Waals surface area contributed by atoms with Gasteiger partial charge in [-0.3, -0.25) is 0 Å². The second-order valence-electron chi connectivity index (χ2n) is 12.2. The summed E-state index contributed by atoms with van der Waals surface area (Å²) in [6.45, 7) is 0. The normalized spacial score (nSPS) is 11.3. The lowest BCUT2D eigenvalue weighted by Gasteiger charge is -2.28. The van der Waals surface area contributed by atoms with Crippen LogP contribution < -0.4 is 4.90 Å². The SMILES string of the molecule is c1ccc(-c2ccc(N(c3ccc4c5ccccc5n(-c5cccc6ccccc56)c4c3)c3ccccc3-c3ccccc3)cc2)cc1. The zero-order valence-corrected chi connectivity index (χ0v) is 26.4. The van der Waals surface area contributed by atoms with Crippen molar-refractivity contribution in [2.24, 2.45) is 0 Å². The Hall–Kier alpha value is -6.38. The van der Waals surface area contributed by atoms with Crippen LogP contribution >= 0.6 is 0 Å². The van der Waals surface area contributed by atoms with Gasteiger partial charge in [-0.1, -0.05) is 152 Å². The van der Waals surface area contributed by atoms with Crippen LogP contribution in [0.15, 0.2) is 194 Å². The van der Waals surface area contributed by atoms with Gasteiger partial charge in [-0.05, 0) is 64.5 Å². The minimum absolute atomic E-state index is 1.10. The zero-order valence-electron chi connectivity index (χ0n) is 26.4. The Bertz CT molecular complexity index is 2540. The molecule has 1 aromatic heterocycles. The molecule has 226 valence electrons. The largest absolute Gasteiger partial charge is 0.310 e. The van der Waals surface area contributed by atoms with Crippen molar-refractivity contribution in [3.05, 3.63) is 194 Å². The van der Waals surface area contributed by atoms with E-state index in [0.717, 1.165) is 17.1 Å². The van der Waals surface area contributed by atoms with Crippen molar-refractivity contribution in [3.63, 3.8) is 0 Å². The molecule has 0 aliphatic carbocycles. The first-order chi connectivity index (χ1) is 23.8. The molecule has 9 rings (SSSR count). The van der Waals surface area contributed by atoms with E-state index in [4.69, 9.17) is 0 Å². The maximum atomic E-state index is 2.44. The van der Waals surface area contributed by atoms with Crippen molar-refractivity contribution in [1.29, 1.82) is 0 Å². The topological polar surface area (TPSA) is 8.17 Å². The van der Waals surface area contributed by atoms with Gasteiger partial charge < -0.3 is 9.47 Å². The van der Waals surface area contributed by atoms with Crippen LogP contribution in [0.25, 0.3) is 60.5 Å². The van der Waals surface area contributed by atoms with Crippen molar-refractivity contribution in [2.75, 3.05) is 4.90 Å². The van der Waals surface area contributed by atoms with Gasteiger partial charge in [0, 0.05) is 33.1 Å². The molecular weight excluding hydrogens is 581 g/mol. The highest BCUT2D eigenvalue weighted by atomic mass is 15.1. The third-order valence-corrected chi connectivity index (χ3v) is 9.39. The van der Waals surface area contributed by atoms with Gasteiger partial charge in [-0.15, -0.1) is 0 Å². The maximum absolute atomic E-state index is 2.44. The fourth-order valence-corrected chi connectivity index (χ4v) is 7.15. The van der Waals surface area contributed by atoms with E-state index < -0.39 is 0 Å². The lowest BCUT2D eigenvalue weighted by molar-refractivity contribution is 1.19. The van der Waals surface area contributed by atoms with E-state index in [1.807, 2.05) is 0 Å². The van der Waals surface area contributed by atoms with Gasteiger partial charge in [-0.25, -0.2) is 0 Å². The summed E-state index contributed by atoms with van der Waals surface area (Å²) >= 11 is 0. The Balaban J connectivity index is 1.30. The van der Waals surface area contributed by atoms with Crippen LogP contribution in [0.2, 0.25) is 0 Å². The Morgan fingerprint density at radius 3 is 1.75 bits per heavy atom. The van der Waals surface area contributed by atoms with Gasteiger partial charge in [0.2, 0.25) is 0 Å². The van der Waals surface area contributed by atoms with Gasteiger partial charge in [0.05, 0.1) is 22.4 Å². The molecular formula is C46H32N2. The van der Waals surface area contributed by atoms with E-state index in [0.29, 0.717) is 0 Å². The Kier molecular flexibility index (Phi) is 6.84. The number of aromatic nitrogens is 1. The maximum Gasteiger partial charge on any atom is 0.0562 e. The number of anilines is 3. The van der Waals surface area contributed by atoms with E-state index >= 15 is 0 Å². The molecule has 0 fully saturated rings. The molecule has 2 nitrogen and oxygen atoms in total. The van der Waals surface area contributed by atoms with Crippen molar-refractivity contribution in [3.8, 4) is 27.9 Å². The van der Waals surface area contributed by atoms with Gasteiger partial charge in [-0.2, -0.15) is 0 Å². The fourth-order valence-electron chi connectivity index (χ4n) is 7.15. The summed E-state index contributed by atoms with van der Waals surface area (Å²) in [5.41, 5.74) is 11.7. The molecule has 2 heteroatoms. The summed E-state index contributed by atoms with van der Waals surface area (Å²) < 4.78 is 2.44. The monoisotopic (exact) mass is 612 g/mol. The molecule has 0 saturated heterocycles. The average Bonchev–Trinajstić information content (AvgIpc) is 3.49. The van der Waals surface area contributed by atoms with Crippen molar-refractivity contribution in [1.82, 2.24) is 4.57 Å². The molecule has 8 aromatic carbocycles. The van der Waals surface area contributed by atoms with E-state index in [9.17, 15) is 0 Å². The van der Waals surface area contributed by atoms with Gasteiger partial charge >= 0.3 is 0 Å². The third kappa shape index (κ3) is 4.74. The molecule has 0 amide bonds. The minimum Gasteiger partial charge on any atom is -0.310 e. The molecule has 0 N–H and O–H groups in total. The molecule has 0 aliphatic rings. The summed E-state index contributed by atoms with van der Waals surface area (Å²) in [6.07, 6.45) is 0. The van der Waals surface area contributed by atoms with Crippen LogP contribution in [0.4, 0.5) is 17.1 Å². The Labute approximate surface area is 280 Å². The number of para-hydroxylation sites is 2. The van der Waals surface area contributed by atoms with Gasteiger partial charge in [0.15, 0.2) is 0 Å². The highest BCUT2D eigenvalue weighted by Crippen LogP contribution is 2.44. The molecule has 0 bridgehead atoms. The predicted octanol–water partition coefficient (Wildman–Crippen LogP) is 12.7. The lowest BCUT2D eigenvalue weighted by atomic mass is 10.0. The fraction of sp³-hybridized carbons (Fsp3) is 0. The Morgan fingerprint density at radius 1 is 0.354 bits per heavy atom. The minimum atomic E-state index is 1.10. The molecule has 0 aliphatic heterocycles. The lowest BCUT2D eigenvalue weighted by Crippen LogP contribution is -2.11. The predicted molar refractivity (Wildman–Crippen MR) is 204 cm³/mol. The second kappa shape index (κ2) is 11.8. The highest BCUT2D eigenvalue weighted by Gasteiger charge is 2.20. The van der Waals surface area contributed by atoms with Gasteiger partial charge in [0.1, 0.15) is 0 Å². The molecule has 48 heavy (non-hydrogen) atoms. The van der Waals surface area contributed by atoms with Crippen molar-refractivity contribution >= 4 is 49.6 Å². The quantitative estimate of drug-likeness (QED) is 0.181. The molecule has 0 unspecified atom stereocenters. The summed E-state index contributed by atoms with van der Waals surface area (Å²) in [5.74, 6) is 0. The average molecular weight is 613 g/mol. The number of rotatable bonds is 6. The number of hydrogen-bond acceptors (Lipinski definition) is 1. The molecule has 0 radical (unpaired) electrons. The first kappa shape index (κ1) is 27.9. The zero-order chi connectivity index (χ0) is 31.9. The highest BCUT2D eigenvalue weighted by molar-refractivity contribution is 6.11. The summed E-state index contributed by atoms with van der Waals surface area (Å²) in [4.78, 5) is 2.40. The Morgan fingerprint density at radius 2 is 0.938 bits per heavy atom. The smallest absolute Gasteiger partial charge is 0.0562 e. The standard InChI is InChI=1S/C46H32N2/c1-3-14-33(15-4-1)34-26-28-37(29-27-34)47(43-23-11-9-21-39(43)35-16-5-2-6-17-35)38-30-31-42-41-22-10-12-24-45(41)48(46(42)32-38)44-25-13-19-36-18-7-8-20-40(36)44/h1-32H. The third-order valence-electron chi connectivity index (χ3n) is 9.39. The number of hydrogen-bond donors (Lipinski definition) is 0. The van der Waals surface area contributed by atoms with Crippen LogP contribution in [0.5, 0.6) is 0 Å². The van der Waals surface area contributed by atoms with Gasteiger partial charge in [0.25, 0.3) is 0 Å². The molecule has 9 aromatic rings. The summed E-state index contributed by atoms with van der Waals surface area (Å²) in [7, 11) is 0. The molecule has 0 atom stereocenters. The van der Waals surface area contributed by atoms with Crippen LogP contribution in [-0.2, 0) is 0 Å². The van der Waals surface area contributed by atoms with Crippen LogP contribution in [0, 0.1) is 0 Å². The van der Waals surface area contributed by atoms with Crippen LogP contribution in [-0.4, -0.2) is 4.57 Å². The van der Waals surface area contributed by atoms with E-state index in [-0.39, 0.29) is 0 Å². The number of fused-ring (bicyclic) bond motifs is 4. The first-order valence-corrected chi connectivity index (χ1v) is 16.4.